The molecular weight excluding hydrogens is 172 g/mol. The van der Waals surface area contributed by atoms with Crippen molar-refractivity contribution in [1.82, 2.24) is 0 Å². The van der Waals surface area contributed by atoms with Gasteiger partial charge in [0, 0.05) is 12.5 Å². The van der Waals surface area contributed by atoms with Gasteiger partial charge in [-0.05, 0) is 6.42 Å². The maximum absolute atomic E-state index is 5.35. The minimum absolute atomic E-state index is 0.246. The lowest BCUT2D eigenvalue weighted by Gasteiger charge is -2.40. The standard InChI is InChI=1S/C9H18O4/c1-3-9(4-11-5-9)6-12-8-13-7-10-2/h3-8H2,1-2H3. The average molecular weight is 190 g/mol. The Morgan fingerprint density at radius 1 is 1.23 bits per heavy atom. The van der Waals surface area contributed by atoms with Crippen LogP contribution in [-0.4, -0.2) is 40.5 Å². The van der Waals surface area contributed by atoms with E-state index in [2.05, 4.69) is 6.92 Å². The molecule has 0 bridgehead atoms. The Morgan fingerprint density at radius 3 is 2.46 bits per heavy atom. The molecule has 1 saturated heterocycles. The zero-order chi connectivity index (χ0) is 9.57. The van der Waals surface area contributed by atoms with E-state index in [-0.39, 0.29) is 12.2 Å². The van der Waals surface area contributed by atoms with Crippen LogP contribution in [0.15, 0.2) is 0 Å². The first-order valence-electron chi connectivity index (χ1n) is 4.55. The third kappa shape index (κ3) is 3.23. The Labute approximate surface area is 79.1 Å². The molecular formula is C9H18O4. The van der Waals surface area contributed by atoms with Gasteiger partial charge in [-0.1, -0.05) is 6.92 Å². The molecule has 0 N–H and O–H groups in total. The van der Waals surface area contributed by atoms with Crippen molar-refractivity contribution in [2.45, 2.75) is 13.3 Å². The molecule has 0 aromatic rings. The highest BCUT2D eigenvalue weighted by Gasteiger charge is 2.36. The molecule has 1 aliphatic heterocycles. The molecule has 1 aliphatic rings. The maximum Gasteiger partial charge on any atom is 0.149 e. The summed E-state index contributed by atoms with van der Waals surface area (Å²) >= 11 is 0. The Kier molecular flexibility index (Phi) is 4.66. The van der Waals surface area contributed by atoms with Gasteiger partial charge in [0.1, 0.15) is 13.6 Å². The molecule has 0 aromatic carbocycles. The van der Waals surface area contributed by atoms with Crippen molar-refractivity contribution in [3.05, 3.63) is 0 Å². The Bertz CT molecular complexity index is 128. The molecule has 0 atom stereocenters. The first-order chi connectivity index (χ1) is 6.33. The van der Waals surface area contributed by atoms with Crippen molar-refractivity contribution in [1.29, 1.82) is 0 Å². The van der Waals surface area contributed by atoms with Crippen molar-refractivity contribution in [2.24, 2.45) is 5.41 Å². The topological polar surface area (TPSA) is 36.9 Å². The van der Waals surface area contributed by atoms with Gasteiger partial charge in [0.2, 0.25) is 0 Å². The van der Waals surface area contributed by atoms with Crippen molar-refractivity contribution in [3.63, 3.8) is 0 Å². The van der Waals surface area contributed by atoms with Gasteiger partial charge in [0.15, 0.2) is 0 Å². The molecule has 4 nitrogen and oxygen atoms in total. The molecule has 78 valence electrons. The zero-order valence-corrected chi connectivity index (χ0v) is 8.38. The van der Waals surface area contributed by atoms with Crippen LogP contribution >= 0.6 is 0 Å². The summed E-state index contributed by atoms with van der Waals surface area (Å²) in [7, 11) is 1.59. The summed E-state index contributed by atoms with van der Waals surface area (Å²) in [6.45, 7) is 5.09. The molecule has 0 spiro atoms. The fraction of sp³-hybridized carbons (Fsp3) is 1.00. The number of rotatable bonds is 7. The maximum atomic E-state index is 5.35. The van der Waals surface area contributed by atoms with E-state index in [1.807, 2.05) is 0 Å². The largest absolute Gasteiger partial charge is 0.380 e. The van der Waals surface area contributed by atoms with Gasteiger partial charge in [-0.15, -0.1) is 0 Å². The van der Waals surface area contributed by atoms with Crippen LogP contribution in [0.25, 0.3) is 0 Å². The van der Waals surface area contributed by atoms with E-state index in [0.29, 0.717) is 13.4 Å². The second-order valence-electron chi connectivity index (χ2n) is 3.42. The molecule has 0 saturated carbocycles. The van der Waals surface area contributed by atoms with E-state index in [9.17, 15) is 0 Å². The first kappa shape index (κ1) is 10.9. The molecule has 0 radical (unpaired) electrons. The summed E-state index contributed by atoms with van der Waals surface area (Å²) < 4.78 is 20.2. The second kappa shape index (κ2) is 5.54. The Balaban J connectivity index is 1.98. The lowest BCUT2D eigenvalue weighted by atomic mass is 9.84. The number of hydrogen-bond donors (Lipinski definition) is 0. The van der Waals surface area contributed by atoms with Crippen molar-refractivity contribution in [3.8, 4) is 0 Å². The molecule has 1 fully saturated rings. The third-order valence-corrected chi connectivity index (χ3v) is 2.34. The first-order valence-corrected chi connectivity index (χ1v) is 4.55. The fourth-order valence-electron chi connectivity index (χ4n) is 1.21. The van der Waals surface area contributed by atoms with Crippen molar-refractivity contribution in [2.75, 3.05) is 40.5 Å². The minimum atomic E-state index is 0.246. The average Bonchev–Trinajstić information content (AvgIpc) is 2.09. The van der Waals surface area contributed by atoms with Gasteiger partial charge >= 0.3 is 0 Å². The smallest absolute Gasteiger partial charge is 0.149 e. The predicted molar refractivity (Wildman–Crippen MR) is 47.3 cm³/mol. The van der Waals surface area contributed by atoms with Gasteiger partial charge in [-0.3, -0.25) is 0 Å². The second-order valence-corrected chi connectivity index (χ2v) is 3.42. The van der Waals surface area contributed by atoms with Crippen molar-refractivity contribution >= 4 is 0 Å². The Morgan fingerprint density at radius 2 is 2.00 bits per heavy atom. The third-order valence-electron chi connectivity index (χ3n) is 2.34. The van der Waals surface area contributed by atoms with Crippen LogP contribution in [0.1, 0.15) is 13.3 Å². The molecule has 0 aliphatic carbocycles. The fourth-order valence-corrected chi connectivity index (χ4v) is 1.21. The zero-order valence-electron chi connectivity index (χ0n) is 8.38. The van der Waals surface area contributed by atoms with Gasteiger partial charge in [0.25, 0.3) is 0 Å². The van der Waals surface area contributed by atoms with Gasteiger partial charge in [-0.2, -0.15) is 0 Å². The van der Waals surface area contributed by atoms with Crippen LogP contribution in [0.5, 0.6) is 0 Å². The minimum Gasteiger partial charge on any atom is -0.380 e. The van der Waals surface area contributed by atoms with E-state index >= 15 is 0 Å². The lowest BCUT2D eigenvalue weighted by Crippen LogP contribution is -2.45. The summed E-state index contributed by atoms with van der Waals surface area (Å²) in [6, 6.07) is 0. The lowest BCUT2D eigenvalue weighted by molar-refractivity contribution is -0.186. The quantitative estimate of drug-likeness (QED) is 0.443. The van der Waals surface area contributed by atoms with Crippen molar-refractivity contribution < 1.29 is 18.9 Å². The van der Waals surface area contributed by atoms with Crippen LogP contribution in [-0.2, 0) is 18.9 Å². The van der Waals surface area contributed by atoms with Crippen LogP contribution in [0.4, 0.5) is 0 Å². The van der Waals surface area contributed by atoms with E-state index in [1.54, 1.807) is 7.11 Å². The molecule has 4 heteroatoms. The van der Waals surface area contributed by atoms with Crippen LogP contribution in [0, 0.1) is 5.41 Å². The molecule has 0 aromatic heterocycles. The van der Waals surface area contributed by atoms with Gasteiger partial charge in [0.05, 0.1) is 19.8 Å². The monoisotopic (exact) mass is 190 g/mol. The van der Waals surface area contributed by atoms with Crippen LogP contribution in [0.2, 0.25) is 0 Å². The highest BCUT2D eigenvalue weighted by molar-refractivity contribution is 4.83. The summed E-state index contributed by atoms with van der Waals surface area (Å²) in [5, 5.41) is 0. The normalized spacial score (nSPS) is 19.8. The van der Waals surface area contributed by atoms with Gasteiger partial charge < -0.3 is 18.9 Å². The molecule has 0 amide bonds. The SMILES string of the molecule is CCC1(COCOCOC)COC1. The molecule has 0 unspecified atom stereocenters. The number of methoxy groups -OCH3 is 1. The summed E-state index contributed by atoms with van der Waals surface area (Å²) in [6.07, 6.45) is 1.09. The molecule has 1 rings (SSSR count). The predicted octanol–water partition coefficient (Wildman–Crippen LogP) is 1.01. The van der Waals surface area contributed by atoms with Crippen LogP contribution in [0.3, 0.4) is 0 Å². The summed E-state index contributed by atoms with van der Waals surface area (Å²) in [4.78, 5) is 0. The highest BCUT2D eigenvalue weighted by Crippen LogP contribution is 2.31. The molecule has 1 heterocycles. The molecule has 13 heavy (non-hydrogen) atoms. The van der Waals surface area contributed by atoms with Crippen LogP contribution < -0.4 is 0 Å². The number of ether oxygens (including phenoxy) is 4. The van der Waals surface area contributed by atoms with E-state index in [0.717, 1.165) is 19.6 Å². The van der Waals surface area contributed by atoms with E-state index in [4.69, 9.17) is 18.9 Å². The van der Waals surface area contributed by atoms with Gasteiger partial charge in [-0.25, -0.2) is 0 Å². The number of hydrogen-bond acceptors (Lipinski definition) is 4. The Hall–Kier alpha value is -0.160. The van der Waals surface area contributed by atoms with E-state index in [1.165, 1.54) is 0 Å². The summed E-state index contributed by atoms with van der Waals surface area (Å²) in [5.41, 5.74) is 0.246. The summed E-state index contributed by atoms with van der Waals surface area (Å²) in [5.74, 6) is 0. The van der Waals surface area contributed by atoms with E-state index < -0.39 is 0 Å². The highest BCUT2D eigenvalue weighted by atomic mass is 16.7.